The smallest absolute Gasteiger partial charge is 0.146 e. The first-order valence-electron chi connectivity index (χ1n) is 5.00. The number of rotatable bonds is 7. The highest BCUT2D eigenvalue weighted by Crippen LogP contribution is 2.25. The fraction of sp³-hybridized carbons (Fsp3) is 1.00. The maximum absolute atomic E-state index is 5.68. The average Bonchev–Trinajstić information content (AvgIpc) is 2.14. The molecule has 0 fully saturated rings. The van der Waals surface area contributed by atoms with E-state index in [0.29, 0.717) is 0 Å². The van der Waals surface area contributed by atoms with Gasteiger partial charge in [-0.1, -0.05) is 13.8 Å². The summed E-state index contributed by atoms with van der Waals surface area (Å²) in [6.45, 7) is 5.23. The van der Waals surface area contributed by atoms with E-state index in [0.717, 1.165) is 36.3 Å². The van der Waals surface area contributed by atoms with E-state index in [1.165, 1.54) is 12.8 Å². The molecular formula is C9H23NOSi. The van der Waals surface area contributed by atoms with Crippen molar-refractivity contribution in [2.45, 2.75) is 51.6 Å². The lowest BCUT2D eigenvalue weighted by Crippen LogP contribution is -2.30. The zero-order valence-corrected chi connectivity index (χ0v) is 10.7. The molecule has 0 bridgehead atoms. The summed E-state index contributed by atoms with van der Waals surface area (Å²) in [6, 6.07) is 0. The molecule has 0 atom stereocenters. The second kappa shape index (κ2) is 6.63. The molecule has 0 spiro atoms. The van der Waals surface area contributed by atoms with Gasteiger partial charge < -0.3 is 10.2 Å². The zero-order valence-electron chi connectivity index (χ0n) is 8.73. The standard InChI is InChI=1S/C9H23NOSi/c1-3-9(4-2,11-12)7-5-6-8-10/h3-8,10H2,1-2,12H3. The molecule has 0 aromatic carbocycles. The Bertz CT molecular complexity index is 96.4. The lowest BCUT2D eigenvalue weighted by molar-refractivity contribution is 0.0587. The first-order valence-corrected chi connectivity index (χ1v) is 5.81. The van der Waals surface area contributed by atoms with Crippen LogP contribution in [-0.4, -0.2) is 22.6 Å². The average molecular weight is 189 g/mol. The Morgan fingerprint density at radius 2 is 1.83 bits per heavy atom. The third-order valence-electron chi connectivity index (χ3n) is 2.81. The molecule has 0 saturated heterocycles. The quantitative estimate of drug-likeness (QED) is 0.478. The van der Waals surface area contributed by atoms with Gasteiger partial charge in [-0.05, 0) is 38.6 Å². The second-order valence-corrected chi connectivity index (χ2v) is 3.75. The SMILES string of the molecule is CCC(CC)(CCCCN)O[SiH3]. The third kappa shape index (κ3) is 3.69. The summed E-state index contributed by atoms with van der Waals surface area (Å²) in [5.74, 6) is 0. The number of nitrogens with two attached hydrogens (primary N) is 1. The van der Waals surface area contributed by atoms with Gasteiger partial charge in [-0.2, -0.15) is 0 Å². The van der Waals surface area contributed by atoms with Crippen molar-refractivity contribution in [2.75, 3.05) is 6.54 Å². The molecule has 0 unspecified atom stereocenters. The van der Waals surface area contributed by atoms with Crippen molar-refractivity contribution in [1.82, 2.24) is 0 Å². The molecule has 0 radical (unpaired) electrons. The van der Waals surface area contributed by atoms with E-state index in [1.54, 1.807) is 0 Å². The summed E-state index contributed by atoms with van der Waals surface area (Å²) in [7, 11) is 0.852. The minimum Gasteiger partial charge on any atom is -0.422 e. The number of hydrogen-bond donors (Lipinski definition) is 1. The van der Waals surface area contributed by atoms with Gasteiger partial charge >= 0.3 is 0 Å². The fourth-order valence-electron chi connectivity index (χ4n) is 1.59. The molecule has 0 amide bonds. The van der Waals surface area contributed by atoms with Gasteiger partial charge in [-0.3, -0.25) is 0 Å². The summed E-state index contributed by atoms with van der Waals surface area (Å²) >= 11 is 0. The molecule has 0 aliphatic rings. The van der Waals surface area contributed by atoms with Crippen LogP contribution in [0.2, 0.25) is 0 Å². The Hall–Kier alpha value is 0.137. The Morgan fingerprint density at radius 1 is 1.25 bits per heavy atom. The number of hydrogen-bond acceptors (Lipinski definition) is 2. The molecule has 3 heteroatoms. The van der Waals surface area contributed by atoms with Crippen LogP contribution in [0.3, 0.4) is 0 Å². The van der Waals surface area contributed by atoms with Crippen LogP contribution < -0.4 is 5.73 Å². The van der Waals surface area contributed by atoms with E-state index >= 15 is 0 Å². The van der Waals surface area contributed by atoms with Crippen molar-refractivity contribution in [3.63, 3.8) is 0 Å². The minimum absolute atomic E-state index is 0.182. The summed E-state index contributed by atoms with van der Waals surface area (Å²) < 4.78 is 5.68. The van der Waals surface area contributed by atoms with Gasteiger partial charge in [0.1, 0.15) is 10.5 Å². The van der Waals surface area contributed by atoms with E-state index in [-0.39, 0.29) is 5.60 Å². The second-order valence-electron chi connectivity index (χ2n) is 3.34. The number of unbranched alkanes of at least 4 members (excludes halogenated alkanes) is 1. The van der Waals surface area contributed by atoms with Gasteiger partial charge in [-0.15, -0.1) is 0 Å². The van der Waals surface area contributed by atoms with Gasteiger partial charge in [-0.25, -0.2) is 0 Å². The van der Waals surface area contributed by atoms with E-state index in [2.05, 4.69) is 13.8 Å². The van der Waals surface area contributed by atoms with E-state index in [9.17, 15) is 0 Å². The van der Waals surface area contributed by atoms with Crippen LogP contribution in [0, 0.1) is 0 Å². The molecule has 74 valence electrons. The van der Waals surface area contributed by atoms with E-state index in [1.807, 2.05) is 0 Å². The molecule has 0 aromatic rings. The maximum atomic E-state index is 5.68. The fourth-order valence-corrected chi connectivity index (χ4v) is 2.37. The Kier molecular flexibility index (Phi) is 6.71. The highest BCUT2D eigenvalue weighted by molar-refractivity contribution is 5.98. The van der Waals surface area contributed by atoms with Crippen molar-refractivity contribution in [1.29, 1.82) is 0 Å². The zero-order chi connectivity index (χ0) is 9.45. The highest BCUT2D eigenvalue weighted by Gasteiger charge is 2.23. The molecule has 0 heterocycles. The molecule has 2 N–H and O–H groups in total. The van der Waals surface area contributed by atoms with Gasteiger partial charge in [0.2, 0.25) is 0 Å². The summed E-state index contributed by atoms with van der Waals surface area (Å²) in [5, 5.41) is 0. The van der Waals surface area contributed by atoms with Crippen LogP contribution in [0.4, 0.5) is 0 Å². The Balaban J connectivity index is 3.76. The van der Waals surface area contributed by atoms with Crippen LogP contribution in [0.1, 0.15) is 46.0 Å². The van der Waals surface area contributed by atoms with Crippen LogP contribution in [-0.2, 0) is 4.43 Å². The van der Waals surface area contributed by atoms with Crippen molar-refractivity contribution in [3.05, 3.63) is 0 Å². The Labute approximate surface area is 79.4 Å². The van der Waals surface area contributed by atoms with Crippen LogP contribution >= 0.6 is 0 Å². The predicted octanol–water partition coefficient (Wildman–Crippen LogP) is 0.971. The highest BCUT2D eigenvalue weighted by atomic mass is 28.2. The summed E-state index contributed by atoms with van der Waals surface area (Å²) in [5.41, 5.74) is 5.63. The molecular weight excluding hydrogens is 166 g/mol. The van der Waals surface area contributed by atoms with Gasteiger partial charge in [0.15, 0.2) is 0 Å². The molecule has 12 heavy (non-hydrogen) atoms. The minimum atomic E-state index is 0.182. The Morgan fingerprint density at radius 3 is 2.17 bits per heavy atom. The van der Waals surface area contributed by atoms with Crippen molar-refractivity contribution in [3.8, 4) is 0 Å². The van der Waals surface area contributed by atoms with Crippen molar-refractivity contribution in [2.24, 2.45) is 5.73 Å². The summed E-state index contributed by atoms with van der Waals surface area (Å²) in [6.07, 6.45) is 5.79. The largest absolute Gasteiger partial charge is 0.422 e. The van der Waals surface area contributed by atoms with E-state index in [4.69, 9.17) is 10.2 Å². The van der Waals surface area contributed by atoms with Gasteiger partial charge in [0.05, 0.1) is 5.60 Å². The van der Waals surface area contributed by atoms with E-state index < -0.39 is 0 Å². The van der Waals surface area contributed by atoms with Gasteiger partial charge in [0, 0.05) is 0 Å². The molecule has 2 nitrogen and oxygen atoms in total. The van der Waals surface area contributed by atoms with Crippen LogP contribution in [0.5, 0.6) is 0 Å². The van der Waals surface area contributed by atoms with Crippen molar-refractivity contribution >= 4 is 10.5 Å². The lowest BCUT2D eigenvalue weighted by atomic mass is 9.91. The summed E-state index contributed by atoms with van der Waals surface area (Å²) in [4.78, 5) is 0. The molecule has 0 saturated carbocycles. The van der Waals surface area contributed by atoms with Crippen molar-refractivity contribution < 1.29 is 4.43 Å². The molecule has 0 aliphatic heterocycles. The van der Waals surface area contributed by atoms with Crippen LogP contribution in [0.15, 0.2) is 0 Å². The first-order chi connectivity index (χ1) is 5.74. The van der Waals surface area contributed by atoms with Gasteiger partial charge in [0.25, 0.3) is 0 Å². The normalized spacial score (nSPS) is 12.2. The molecule has 0 aromatic heterocycles. The maximum Gasteiger partial charge on any atom is 0.146 e. The molecule has 0 rings (SSSR count). The van der Waals surface area contributed by atoms with Crippen LogP contribution in [0.25, 0.3) is 0 Å². The predicted molar refractivity (Wildman–Crippen MR) is 57.2 cm³/mol. The lowest BCUT2D eigenvalue weighted by Gasteiger charge is -2.31. The third-order valence-corrected chi connectivity index (χ3v) is 3.67. The monoisotopic (exact) mass is 189 g/mol. The topological polar surface area (TPSA) is 35.2 Å². The first kappa shape index (κ1) is 12.1. The molecule has 0 aliphatic carbocycles.